The van der Waals surface area contributed by atoms with E-state index in [9.17, 15) is 0 Å². The van der Waals surface area contributed by atoms with Crippen LogP contribution in [0.25, 0.3) is 0 Å². The van der Waals surface area contributed by atoms with Crippen LogP contribution in [0.4, 0.5) is 0 Å². The van der Waals surface area contributed by atoms with Crippen molar-refractivity contribution in [2.75, 3.05) is 19.0 Å². The van der Waals surface area contributed by atoms with Gasteiger partial charge in [-0.05, 0) is 45.0 Å². The third-order valence-electron chi connectivity index (χ3n) is 2.64. The van der Waals surface area contributed by atoms with Crippen molar-refractivity contribution in [1.82, 2.24) is 10.6 Å². The maximum absolute atomic E-state index is 3.61. The molecule has 1 aromatic rings. The summed E-state index contributed by atoms with van der Waals surface area (Å²) in [5.41, 5.74) is 0. The first-order valence-corrected chi connectivity index (χ1v) is 7.28. The van der Waals surface area contributed by atoms with Gasteiger partial charge in [0.05, 0.1) is 4.21 Å². The molecule has 2 heterocycles. The Morgan fingerprint density at radius 2 is 2.27 bits per heavy atom. The minimum absolute atomic E-state index is 0.722. The van der Waals surface area contributed by atoms with Crippen LogP contribution in [0.3, 0.4) is 0 Å². The van der Waals surface area contributed by atoms with Crippen LogP contribution in [0, 0.1) is 6.92 Å². The zero-order chi connectivity index (χ0) is 10.5. The number of hydrogen-bond acceptors (Lipinski definition) is 4. The van der Waals surface area contributed by atoms with E-state index >= 15 is 0 Å². The van der Waals surface area contributed by atoms with E-state index in [1.165, 1.54) is 35.0 Å². The lowest BCUT2D eigenvalue weighted by Crippen LogP contribution is -2.39. The number of rotatable bonds is 4. The van der Waals surface area contributed by atoms with Crippen molar-refractivity contribution in [3.05, 3.63) is 17.0 Å². The van der Waals surface area contributed by atoms with Gasteiger partial charge in [-0.3, -0.25) is 0 Å². The van der Waals surface area contributed by atoms with E-state index in [2.05, 4.69) is 29.7 Å². The number of nitrogens with one attached hydrogen (secondary N) is 2. The van der Waals surface area contributed by atoms with Gasteiger partial charge in [0.2, 0.25) is 0 Å². The van der Waals surface area contributed by atoms with Gasteiger partial charge in [0.15, 0.2) is 0 Å². The van der Waals surface area contributed by atoms with E-state index in [4.69, 9.17) is 0 Å². The molecule has 0 aromatic carbocycles. The number of piperidine rings is 1. The first-order valence-electron chi connectivity index (χ1n) is 5.48. The molecule has 2 nitrogen and oxygen atoms in total. The summed E-state index contributed by atoms with van der Waals surface area (Å²) in [5, 5.41) is 6.99. The van der Waals surface area contributed by atoms with Gasteiger partial charge in [-0.25, -0.2) is 0 Å². The average molecular weight is 242 g/mol. The Balaban J connectivity index is 1.65. The molecule has 0 saturated carbocycles. The van der Waals surface area contributed by atoms with Gasteiger partial charge >= 0.3 is 0 Å². The standard InChI is InChI=1S/C11H18N2S2/c1-9-2-3-11(15-9)14-8-13-10-4-6-12-7-5-10/h2-3,10,12-13H,4-8H2,1H3. The monoisotopic (exact) mass is 242 g/mol. The lowest BCUT2D eigenvalue weighted by Gasteiger charge is -2.23. The highest BCUT2D eigenvalue weighted by atomic mass is 32.2. The summed E-state index contributed by atoms with van der Waals surface area (Å²) in [7, 11) is 0. The predicted octanol–water partition coefficient (Wildman–Crippen LogP) is 2.45. The fourth-order valence-corrected chi connectivity index (χ4v) is 3.77. The lowest BCUT2D eigenvalue weighted by molar-refractivity contribution is 0.406. The SMILES string of the molecule is Cc1ccc(SCNC2CCNCC2)s1. The van der Waals surface area contributed by atoms with Gasteiger partial charge in [-0.2, -0.15) is 0 Å². The van der Waals surface area contributed by atoms with Crippen LogP contribution in [-0.2, 0) is 0 Å². The van der Waals surface area contributed by atoms with Gasteiger partial charge in [-0.15, -0.1) is 11.3 Å². The minimum atomic E-state index is 0.722. The van der Waals surface area contributed by atoms with Crippen molar-refractivity contribution in [3.8, 4) is 0 Å². The molecule has 0 bridgehead atoms. The van der Waals surface area contributed by atoms with Crippen LogP contribution in [0.5, 0.6) is 0 Å². The van der Waals surface area contributed by atoms with Crippen molar-refractivity contribution >= 4 is 23.1 Å². The summed E-state index contributed by atoms with van der Waals surface area (Å²) in [6, 6.07) is 5.13. The molecule has 0 amide bonds. The quantitative estimate of drug-likeness (QED) is 0.626. The molecule has 15 heavy (non-hydrogen) atoms. The van der Waals surface area contributed by atoms with Crippen molar-refractivity contribution in [3.63, 3.8) is 0 Å². The average Bonchev–Trinajstić information content (AvgIpc) is 2.66. The Hall–Kier alpha value is -0.0300. The van der Waals surface area contributed by atoms with Crippen LogP contribution in [0.2, 0.25) is 0 Å². The fourth-order valence-electron chi connectivity index (χ4n) is 1.75. The zero-order valence-electron chi connectivity index (χ0n) is 9.08. The minimum Gasteiger partial charge on any atom is -0.317 e. The van der Waals surface area contributed by atoms with E-state index in [0.29, 0.717) is 0 Å². The molecular weight excluding hydrogens is 224 g/mol. The molecule has 0 atom stereocenters. The molecule has 1 aliphatic rings. The Labute approximate surface area is 99.8 Å². The molecule has 2 N–H and O–H groups in total. The van der Waals surface area contributed by atoms with Crippen LogP contribution < -0.4 is 10.6 Å². The molecule has 1 fully saturated rings. The second-order valence-electron chi connectivity index (χ2n) is 3.88. The van der Waals surface area contributed by atoms with Crippen LogP contribution in [-0.4, -0.2) is 25.0 Å². The van der Waals surface area contributed by atoms with Gasteiger partial charge in [0, 0.05) is 16.8 Å². The summed E-state index contributed by atoms with van der Waals surface area (Å²) in [4.78, 5) is 1.40. The van der Waals surface area contributed by atoms with E-state index in [-0.39, 0.29) is 0 Å². The molecule has 4 heteroatoms. The van der Waals surface area contributed by atoms with Crippen molar-refractivity contribution < 1.29 is 0 Å². The predicted molar refractivity (Wildman–Crippen MR) is 68.8 cm³/mol. The molecule has 1 aromatic heterocycles. The third kappa shape index (κ3) is 3.79. The van der Waals surface area contributed by atoms with E-state index in [0.717, 1.165) is 11.9 Å². The summed E-state index contributed by atoms with van der Waals surface area (Å²) in [6.07, 6.45) is 2.54. The van der Waals surface area contributed by atoms with Crippen LogP contribution in [0.15, 0.2) is 16.3 Å². The summed E-state index contributed by atoms with van der Waals surface area (Å²) in [6.45, 7) is 4.50. The molecule has 0 radical (unpaired) electrons. The van der Waals surface area contributed by atoms with E-state index < -0.39 is 0 Å². The summed E-state index contributed by atoms with van der Waals surface area (Å²) < 4.78 is 1.42. The Kier molecular flexibility index (Phi) is 4.50. The maximum Gasteiger partial charge on any atom is 0.0613 e. The zero-order valence-corrected chi connectivity index (χ0v) is 10.7. The number of thioether (sulfide) groups is 1. The van der Waals surface area contributed by atoms with Crippen molar-refractivity contribution in [2.24, 2.45) is 0 Å². The molecule has 0 unspecified atom stereocenters. The lowest BCUT2D eigenvalue weighted by atomic mass is 10.1. The molecular formula is C11H18N2S2. The second-order valence-corrected chi connectivity index (χ2v) is 6.45. The highest BCUT2D eigenvalue weighted by Crippen LogP contribution is 2.26. The Morgan fingerprint density at radius 3 is 2.93 bits per heavy atom. The maximum atomic E-state index is 3.61. The van der Waals surface area contributed by atoms with Crippen molar-refractivity contribution in [2.45, 2.75) is 30.0 Å². The third-order valence-corrected chi connectivity index (χ3v) is 4.77. The fraction of sp³-hybridized carbons (Fsp3) is 0.636. The first-order chi connectivity index (χ1) is 7.34. The second kappa shape index (κ2) is 5.89. The molecule has 1 saturated heterocycles. The van der Waals surface area contributed by atoms with E-state index in [1.807, 2.05) is 23.1 Å². The van der Waals surface area contributed by atoms with Crippen LogP contribution >= 0.6 is 23.1 Å². The summed E-state index contributed by atoms with van der Waals surface area (Å²) in [5.74, 6) is 1.05. The number of hydrogen-bond donors (Lipinski definition) is 2. The smallest absolute Gasteiger partial charge is 0.0613 e. The van der Waals surface area contributed by atoms with Gasteiger partial charge in [0.25, 0.3) is 0 Å². The Bertz CT molecular complexity index is 293. The van der Waals surface area contributed by atoms with Crippen molar-refractivity contribution in [1.29, 1.82) is 0 Å². The highest BCUT2D eigenvalue weighted by Gasteiger charge is 2.11. The van der Waals surface area contributed by atoms with Gasteiger partial charge < -0.3 is 10.6 Å². The number of thiophene rings is 1. The Morgan fingerprint density at radius 1 is 1.47 bits per heavy atom. The van der Waals surface area contributed by atoms with Crippen LogP contribution in [0.1, 0.15) is 17.7 Å². The topological polar surface area (TPSA) is 24.1 Å². The largest absolute Gasteiger partial charge is 0.317 e. The summed E-state index contributed by atoms with van der Waals surface area (Å²) >= 11 is 3.81. The molecule has 1 aliphatic heterocycles. The normalized spacial score (nSPS) is 18.2. The number of aryl methyl sites for hydroxylation is 1. The van der Waals surface area contributed by atoms with E-state index in [1.54, 1.807) is 0 Å². The van der Waals surface area contributed by atoms with Gasteiger partial charge in [-0.1, -0.05) is 11.8 Å². The molecule has 0 aliphatic carbocycles. The molecule has 0 spiro atoms. The molecule has 84 valence electrons. The van der Waals surface area contributed by atoms with Gasteiger partial charge in [0.1, 0.15) is 0 Å². The first kappa shape index (κ1) is 11.5. The highest BCUT2D eigenvalue weighted by molar-refractivity contribution is 8.01. The molecule has 2 rings (SSSR count).